The van der Waals surface area contributed by atoms with Crippen LogP contribution < -0.4 is 9.84 Å². The molecule has 17 heavy (non-hydrogen) atoms. The molecule has 92 valence electrons. The van der Waals surface area contributed by atoms with E-state index in [1.54, 1.807) is 0 Å². The Labute approximate surface area is 98.4 Å². The quantitative estimate of drug-likeness (QED) is 0.369. The molecule has 0 fully saturated rings. The van der Waals surface area contributed by atoms with E-state index in [0.717, 1.165) is 0 Å². The molecule has 0 heterocycles. The maximum absolute atomic E-state index is 13.2. The van der Waals surface area contributed by atoms with Crippen molar-refractivity contribution in [1.82, 2.24) is 0 Å². The van der Waals surface area contributed by atoms with Crippen LogP contribution in [0.5, 0.6) is 5.75 Å². The highest BCUT2D eigenvalue weighted by Crippen LogP contribution is 2.27. The number of ether oxygens (including phenoxy) is 1. The van der Waals surface area contributed by atoms with Crippen molar-refractivity contribution in [1.29, 1.82) is 0 Å². The minimum atomic E-state index is -2.01. The van der Waals surface area contributed by atoms with Crippen LogP contribution in [0.1, 0.15) is 10.4 Å². The Hall–Kier alpha value is -1.70. The van der Waals surface area contributed by atoms with E-state index in [9.17, 15) is 27.9 Å². The molecule has 0 saturated heterocycles. The summed E-state index contributed by atoms with van der Waals surface area (Å²) in [5.41, 5.74) is -1.10. The van der Waals surface area contributed by atoms with Crippen molar-refractivity contribution < 1.29 is 32.6 Å². The van der Waals surface area contributed by atoms with Crippen molar-refractivity contribution >= 4 is 24.6 Å². The summed E-state index contributed by atoms with van der Waals surface area (Å²) >= 11 is 3.48. The number of carbonyl (C=O) groups is 2. The molecule has 0 aliphatic heterocycles. The fourth-order valence-electron chi connectivity index (χ4n) is 0.976. The van der Waals surface area contributed by atoms with Crippen molar-refractivity contribution in [3.63, 3.8) is 0 Å². The van der Waals surface area contributed by atoms with Crippen LogP contribution in [0.15, 0.2) is 6.07 Å². The van der Waals surface area contributed by atoms with Crippen LogP contribution in [-0.4, -0.2) is 17.7 Å². The number of esters is 1. The monoisotopic (exact) mass is 265 g/mol. The number of rotatable bonds is 3. The highest BCUT2D eigenvalue weighted by molar-refractivity contribution is 7.81. The average Bonchev–Trinajstić information content (AvgIpc) is 2.28. The zero-order valence-corrected chi connectivity index (χ0v) is 8.89. The van der Waals surface area contributed by atoms with Crippen molar-refractivity contribution in [3.8, 4) is 5.75 Å². The number of carbonyl (C=O) groups excluding carboxylic acids is 2. The van der Waals surface area contributed by atoms with Gasteiger partial charge in [-0.1, -0.05) is 0 Å². The molecule has 0 aliphatic carbocycles. The highest BCUT2D eigenvalue weighted by Gasteiger charge is 2.22. The molecule has 0 saturated carbocycles. The van der Waals surface area contributed by atoms with Gasteiger partial charge in [0.15, 0.2) is 17.4 Å². The first-order chi connectivity index (χ1) is 7.88. The molecule has 0 N–H and O–H groups in total. The van der Waals surface area contributed by atoms with Gasteiger partial charge in [0.1, 0.15) is 0 Å². The highest BCUT2D eigenvalue weighted by atomic mass is 32.1. The predicted molar refractivity (Wildman–Crippen MR) is 50.1 cm³/mol. The van der Waals surface area contributed by atoms with Crippen molar-refractivity contribution in [3.05, 3.63) is 29.1 Å². The van der Waals surface area contributed by atoms with E-state index < -0.39 is 46.5 Å². The minimum absolute atomic E-state index is 0.162. The van der Waals surface area contributed by atoms with E-state index >= 15 is 0 Å². The number of halogens is 3. The number of carboxylic acids is 1. The Kier molecular flexibility index (Phi) is 4.00. The van der Waals surface area contributed by atoms with Crippen molar-refractivity contribution in [2.45, 2.75) is 0 Å². The second-order valence-electron chi connectivity index (χ2n) is 2.78. The summed E-state index contributed by atoms with van der Waals surface area (Å²) in [6.07, 6.45) is 0. The Morgan fingerprint density at radius 3 is 2.35 bits per heavy atom. The summed E-state index contributed by atoms with van der Waals surface area (Å²) in [6.45, 7) is 0. The molecule has 0 radical (unpaired) electrons. The number of aromatic carboxylic acids is 1. The fourth-order valence-corrected chi connectivity index (χ4v) is 1.04. The van der Waals surface area contributed by atoms with Crippen LogP contribution in [0, 0.1) is 17.5 Å². The molecule has 0 aromatic heterocycles. The summed E-state index contributed by atoms with van der Waals surface area (Å²) in [4.78, 5) is 21.3. The van der Waals surface area contributed by atoms with Crippen LogP contribution in [0.25, 0.3) is 0 Å². The number of thiol groups is 1. The van der Waals surface area contributed by atoms with E-state index in [4.69, 9.17) is 0 Å². The Morgan fingerprint density at radius 2 is 1.88 bits per heavy atom. The van der Waals surface area contributed by atoms with Gasteiger partial charge in [-0.05, 0) is 6.07 Å². The van der Waals surface area contributed by atoms with Gasteiger partial charge in [-0.25, -0.2) is 8.78 Å². The van der Waals surface area contributed by atoms with E-state index in [-0.39, 0.29) is 6.07 Å². The third kappa shape index (κ3) is 2.70. The lowest BCUT2D eigenvalue weighted by Gasteiger charge is -2.12. The van der Waals surface area contributed by atoms with Crippen molar-refractivity contribution in [2.24, 2.45) is 0 Å². The molecule has 0 atom stereocenters. The molecule has 0 amide bonds. The average molecular weight is 265 g/mol. The lowest BCUT2D eigenvalue weighted by molar-refractivity contribution is -0.255. The van der Waals surface area contributed by atoms with E-state index in [1.165, 1.54) is 0 Å². The Bertz CT molecular complexity index is 490. The molecular weight excluding hydrogens is 261 g/mol. The molecule has 0 aliphatic rings. The Morgan fingerprint density at radius 1 is 1.29 bits per heavy atom. The summed E-state index contributed by atoms with van der Waals surface area (Å²) in [5.74, 6) is -10.5. The Balaban J connectivity index is 3.39. The minimum Gasteiger partial charge on any atom is -0.545 e. The maximum Gasteiger partial charge on any atom is 0.321 e. The number of hydrogen-bond donors (Lipinski definition) is 1. The van der Waals surface area contributed by atoms with E-state index in [1.807, 2.05) is 0 Å². The number of carboxylic acid groups (broad SMARTS) is 1. The van der Waals surface area contributed by atoms with Gasteiger partial charge >= 0.3 is 5.97 Å². The van der Waals surface area contributed by atoms with Gasteiger partial charge in [0.05, 0.1) is 11.7 Å². The molecule has 1 rings (SSSR count). The van der Waals surface area contributed by atoms with E-state index in [2.05, 4.69) is 17.4 Å². The second kappa shape index (κ2) is 5.09. The third-order valence-corrected chi connectivity index (χ3v) is 1.94. The SMILES string of the molecule is O=C(CS)Oc1c(C(=O)[O-])cc(F)c(F)c1F. The summed E-state index contributed by atoms with van der Waals surface area (Å²) < 4.78 is 42.9. The number of benzene rings is 1. The van der Waals surface area contributed by atoms with Crippen LogP contribution >= 0.6 is 12.6 Å². The van der Waals surface area contributed by atoms with Gasteiger partial charge < -0.3 is 14.6 Å². The molecule has 0 unspecified atom stereocenters. The van der Waals surface area contributed by atoms with Gasteiger partial charge in [0, 0.05) is 5.56 Å². The van der Waals surface area contributed by atoms with Crippen LogP contribution in [-0.2, 0) is 4.79 Å². The molecular formula is C9H4F3O4S-. The van der Waals surface area contributed by atoms with Crippen molar-refractivity contribution in [2.75, 3.05) is 5.75 Å². The van der Waals surface area contributed by atoms with E-state index in [0.29, 0.717) is 0 Å². The third-order valence-electron chi connectivity index (χ3n) is 1.68. The van der Waals surface area contributed by atoms with Gasteiger partial charge in [-0.2, -0.15) is 17.0 Å². The second-order valence-corrected chi connectivity index (χ2v) is 3.10. The molecule has 1 aromatic rings. The normalized spacial score (nSPS) is 10.1. The first kappa shape index (κ1) is 13.4. The molecule has 0 spiro atoms. The fraction of sp³-hybridized carbons (Fsp3) is 0.111. The molecule has 8 heteroatoms. The van der Waals surface area contributed by atoms with Gasteiger partial charge in [-0.15, -0.1) is 0 Å². The zero-order valence-electron chi connectivity index (χ0n) is 8.00. The summed E-state index contributed by atoms with van der Waals surface area (Å²) in [5, 5.41) is 10.5. The van der Waals surface area contributed by atoms with Gasteiger partial charge in [-0.3, -0.25) is 4.79 Å². The lowest BCUT2D eigenvalue weighted by atomic mass is 10.2. The number of hydrogen-bond acceptors (Lipinski definition) is 5. The lowest BCUT2D eigenvalue weighted by Crippen LogP contribution is -2.25. The maximum atomic E-state index is 13.2. The molecule has 4 nitrogen and oxygen atoms in total. The first-order valence-corrected chi connectivity index (χ1v) is 4.72. The van der Waals surface area contributed by atoms with Crippen LogP contribution in [0.2, 0.25) is 0 Å². The largest absolute Gasteiger partial charge is 0.545 e. The topological polar surface area (TPSA) is 66.4 Å². The smallest absolute Gasteiger partial charge is 0.321 e. The first-order valence-electron chi connectivity index (χ1n) is 4.08. The van der Waals surface area contributed by atoms with Crippen LogP contribution in [0.3, 0.4) is 0 Å². The molecule has 0 bridgehead atoms. The zero-order chi connectivity index (χ0) is 13.2. The van der Waals surface area contributed by atoms with Gasteiger partial charge in [0.25, 0.3) is 0 Å². The standard InChI is InChI=1S/C9H5F3O4S/c10-4-1-3(9(14)15)8(7(12)6(4)11)16-5(13)2-17/h1,17H,2H2,(H,14,15)/p-1. The van der Waals surface area contributed by atoms with Crippen LogP contribution in [0.4, 0.5) is 13.2 Å². The molecule has 1 aromatic carbocycles. The summed E-state index contributed by atoms with van der Waals surface area (Å²) in [7, 11) is 0. The summed E-state index contributed by atoms with van der Waals surface area (Å²) in [6, 6.07) is 0.162. The predicted octanol–water partition coefficient (Wildman–Crippen LogP) is 0.303. The van der Waals surface area contributed by atoms with Gasteiger partial charge in [0.2, 0.25) is 5.82 Å².